The third kappa shape index (κ3) is 3.76. The summed E-state index contributed by atoms with van der Waals surface area (Å²) in [6.45, 7) is 3.27. The molecule has 1 aromatic carbocycles. The highest BCUT2D eigenvalue weighted by Gasteiger charge is 2.23. The van der Waals surface area contributed by atoms with E-state index in [0.717, 1.165) is 18.5 Å². The normalized spacial score (nSPS) is 14.3. The number of carbonyl (C=O) groups is 2. The number of carbonyl (C=O) groups excluding carboxylic acids is 2. The first-order chi connectivity index (χ1) is 12.5. The van der Waals surface area contributed by atoms with Crippen molar-refractivity contribution in [2.75, 3.05) is 31.5 Å². The number of hydrogen-bond acceptors (Lipinski definition) is 5. The molecule has 2 amide bonds. The molecular formula is C17H17F2N5O2. The molecule has 0 aliphatic carbocycles. The van der Waals surface area contributed by atoms with E-state index in [0.29, 0.717) is 32.0 Å². The molecule has 1 saturated heterocycles. The van der Waals surface area contributed by atoms with Crippen LogP contribution in [0.4, 0.5) is 20.3 Å². The standard InChI is InChI=1S/C17H17F2N5O2/c1-11-20-14(17(26)24-7-5-23(10-25)6-8-24)9-15(21-11)22-16-12(18)3-2-4-13(16)19/h2-4,9-10H,5-8H2,1H3,(H,20,21,22). The van der Waals surface area contributed by atoms with Gasteiger partial charge in [0.15, 0.2) is 0 Å². The minimum Gasteiger partial charge on any atom is -0.342 e. The molecule has 7 nitrogen and oxygen atoms in total. The van der Waals surface area contributed by atoms with E-state index < -0.39 is 11.6 Å². The maximum absolute atomic E-state index is 13.8. The van der Waals surface area contributed by atoms with Crippen LogP contribution in [-0.4, -0.2) is 58.3 Å². The number of nitrogens with one attached hydrogen (secondary N) is 1. The predicted molar refractivity (Wildman–Crippen MR) is 90.0 cm³/mol. The van der Waals surface area contributed by atoms with Crippen molar-refractivity contribution < 1.29 is 18.4 Å². The summed E-state index contributed by atoms with van der Waals surface area (Å²) >= 11 is 0. The first kappa shape index (κ1) is 17.7. The van der Waals surface area contributed by atoms with Gasteiger partial charge in [0.25, 0.3) is 5.91 Å². The van der Waals surface area contributed by atoms with Crippen molar-refractivity contribution in [2.45, 2.75) is 6.92 Å². The summed E-state index contributed by atoms with van der Waals surface area (Å²) in [5.41, 5.74) is -0.222. The van der Waals surface area contributed by atoms with E-state index in [-0.39, 0.29) is 23.1 Å². The number of hydrogen-bond donors (Lipinski definition) is 1. The number of halogens is 2. The second-order valence-electron chi connectivity index (χ2n) is 5.84. The van der Waals surface area contributed by atoms with Crippen LogP contribution in [-0.2, 0) is 4.79 Å². The van der Waals surface area contributed by atoms with E-state index in [2.05, 4.69) is 15.3 Å². The Kier molecular flexibility index (Phi) is 5.06. The Bertz CT molecular complexity index is 818. The highest BCUT2D eigenvalue weighted by atomic mass is 19.1. The summed E-state index contributed by atoms with van der Waals surface area (Å²) in [5.74, 6) is -1.44. The fourth-order valence-corrected chi connectivity index (χ4v) is 2.68. The van der Waals surface area contributed by atoms with Crippen LogP contribution in [0.2, 0.25) is 0 Å². The summed E-state index contributed by atoms with van der Waals surface area (Å²) in [7, 11) is 0. The topological polar surface area (TPSA) is 78.4 Å². The molecule has 1 fully saturated rings. The number of aryl methyl sites for hydroxylation is 1. The van der Waals surface area contributed by atoms with Gasteiger partial charge in [-0.05, 0) is 19.1 Å². The lowest BCUT2D eigenvalue weighted by Gasteiger charge is -2.32. The Morgan fingerprint density at radius 2 is 1.81 bits per heavy atom. The summed E-state index contributed by atoms with van der Waals surface area (Å²) in [6.07, 6.45) is 0.752. The quantitative estimate of drug-likeness (QED) is 0.839. The molecule has 0 radical (unpaired) electrons. The third-order valence-electron chi connectivity index (χ3n) is 4.02. The maximum atomic E-state index is 13.8. The highest BCUT2D eigenvalue weighted by Crippen LogP contribution is 2.22. The molecular weight excluding hydrogens is 344 g/mol. The van der Waals surface area contributed by atoms with Gasteiger partial charge in [-0.1, -0.05) is 6.07 Å². The monoisotopic (exact) mass is 361 g/mol. The van der Waals surface area contributed by atoms with Crippen LogP contribution in [0.3, 0.4) is 0 Å². The summed E-state index contributed by atoms with van der Waals surface area (Å²) in [4.78, 5) is 34.8. The van der Waals surface area contributed by atoms with Crippen molar-refractivity contribution in [3.63, 3.8) is 0 Å². The zero-order chi connectivity index (χ0) is 18.7. The van der Waals surface area contributed by atoms with Crippen LogP contribution >= 0.6 is 0 Å². The predicted octanol–water partition coefficient (Wildman–Crippen LogP) is 1.72. The number of aromatic nitrogens is 2. The Hall–Kier alpha value is -3.10. The van der Waals surface area contributed by atoms with Crippen molar-refractivity contribution in [1.29, 1.82) is 0 Å². The summed E-state index contributed by atoms with van der Waals surface area (Å²) < 4.78 is 27.6. The lowest BCUT2D eigenvalue weighted by molar-refractivity contribution is -0.119. The number of nitrogens with zero attached hydrogens (tertiary/aromatic N) is 4. The Morgan fingerprint density at radius 1 is 1.15 bits per heavy atom. The number of amides is 2. The molecule has 1 N–H and O–H groups in total. The molecule has 0 saturated carbocycles. The van der Waals surface area contributed by atoms with Gasteiger partial charge in [0, 0.05) is 32.2 Å². The van der Waals surface area contributed by atoms with Gasteiger partial charge in [0.05, 0.1) is 0 Å². The Morgan fingerprint density at radius 3 is 2.42 bits per heavy atom. The molecule has 0 unspecified atom stereocenters. The van der Waals surface area contributed by atoms with E-state index in [1.807, 2.05) is 0 Å². The van der Waals surface area contributed by atoms with Gasteiger partial charge < -0.3 is 15.1 Å². The minimum absolute atomic E-state index is 0.122. The second kappa shape index (κ2) is 7.42. The zero-order valence-electron chi connectivity index (χ0n) is 14.1. The van der Waals surface area contributed by atoms with Crippen molar-refractivity contribution in [1.82, 2.24) is 19.8 Å². The molecule has 3 rings (SSSR count). The minimum atomic E-state index is -0.765. The number of piperazine rings is 1. The maximum Gasteiger partial charge on any atom is 0.272 e. The molecule has 0 spiro atoms. The second-order valence-corrected chi connectivity index (χ2v) is 5.84. The fraction of sp³-hybridized carbons (Fsp3) is 0.294. The van der Waals surface area contributed by atoms with Crippen LogP contribution in [0.5, 0.6) is 0 Å². The van der Waals surface area contributed by atoms with E-state index in [1.165, 1.54) is 12.1 Å². The molecule has 1 aliphatic heterocycles. The van der Waals surface area contributed by atoms with Crippen molar-refractivity contribution in [2.24, 2.45) is 0 Å². The first-order valence-corrected chi connectivity index (χ1v) is 8.03. The molecule has 9 heteroatoms. The average Bonchev–Trinajstić information content (AvgIpc) is 2.64. The average molecular weight is 361 g/mol. The largest absolute Gasteiger partial charge is 0.342 e. The Balaban J connectivity index is 1.81. The van der Waals surface area contributed by atoms with Gasteiger partial charge >= 0.3 is 0 Å². The van der Waals surface area contributed by atoms with Gasteiger partial charge in [-0.2, -0.15) is 0 Å². The van der Waals surface area contributed by atoms with Gasteiger partial charge in [0.1, 0.15) is 34.7 Å². The third-order valence-corrected chi connectivity index (χ3v) is 4.02. The van der Waals surface area contributed by atoms with Crippen LogP contribution in [0.25, 0.3) is 0 Å². The van der Waals surface area contributed by atoms with Crippen molar-refractivity contribution >= 4 is 23.8 Å². The molecule has 136 valence electrons. The number of anilines is 2. The van der Waals surface area contributed by atoms with Gasteiger partial charge in [-0.25, -0.2) is 18.7 Å². The van der Waals surface area contributed by atoms with Crippen LogP contribution in [0.1, 0.15) is 16.3 Å². The number of para-hydroxylation sites is 1. The van der Waals surface area contributed by atoms with Gasteiger partial charge in [-0.3, -0.25) is 9.59 Å². The van der Waals surface area contributed by atoms with E-state index >= 15 is 0 Å². The highest BCUT2D eigenvalue weighted by molar-refractivity contribution is 5.93. The van der Waals surface area contributed by atoms with Crippen LogP contribution < -0.4 is 5.32 Å². The van der Waals surface area contributed by atoms with Gasteiger partial charge in [-0.15, -0.1) is 0 Å². The van der Waals surface area contributed by atoms with Gasteiger partial charge in [0.2, 0.25) is 6.41 Å². The van der Waals surface area contributed by atoms with E-state index in [9.17, 15) is 18.4 Å². The smallest absolute Gasteiger partial charge is 0.272 e. The molecule has 0 atom stereocenters. The van der Waals surface area contributed by atoms with Crippen LogP contribution in [0, 0.1) is 18.6 Å². The SMILES string of the molecule is Cc1nc(Nc2c(F)cccc2F)cc(C(=O)N2CCN(C=O)CC2)n1. The number of rotatable bonds is 4. The lowest BCUT2D eigenvalue weighted by atomic mass is 10.2. The van der Waals surface area contributed by atoms with E-state index in [1.54, 1.807) is 16.7 Å². The van der Waals surface area contributed by atoms with Crippen LogP contribution in [0.15, 0.2) is 24.3 Å². The van der Waals surface area contributed by atoms with Crippen molar-refractivity contribution in [3.05, 3.63) is 47.4 Å². The van der Waals surface area contributed by atoms with E-state index in [4.69, 9.17) is 0 Å². The zero-order valence-corrected chi connectivity index (χ0v) is 14.1. The molecule has 1 aromatic heterocycles. The fourth-order valence-electron chi connectivity index (χ4n) is 2.68. The summed E-state index contributed by atoms with van der Waals surface area (Å²) in [5, 5.41) is 2.57. The molecule has 1 aliphatic rings. The lowest BCUT2D eigenvalue weighted by Crippen LogP contribution is -2.48. The number of benzene rings is 1. The molecule has 0 bridgehead atoms. The molecule has 2 aromatic rings. The molecule has 26 heavy (non-hydrogen) atoms. The summed E-state index contributed by atoms with van der Waals surface area (Å²) in [6, 6.07) is 4.86. The first-order valence-electron chi connectivity index (χ1n) is 8.03. The van der Waals surface area contributed by atoms with Crippen molar-refractivity contribution in [3.8, 4) is 0 Å². The molecule has 2 heterocycles. The Labute approximate surface area is 148 Å².